The minimum atomic E-state index is -2.33. The molecule has 0 spiro atoms. The Labute approximate surface area is 84.2 Å². The molecular formula is C4H10NaO4S-. The Morgan fingerprint density at radius 2 is 1.60 bits per heavy atom. The molecule has 0 rings (SSSR count). The van der Waals surface area contributed by atoms with Crippen LogP contribution in [-0.2, 0) is 19.1 Å². The van der Waals surface area contributed by atoms with Crippen molar-refractivity contribution in [1.29, 1.82) is 0 Å². The Morgan fingerprint density at radius 1 is 1.30 bits per heavy atom. The minimum Gasteiger partial charge on any atom is -0.870 e. The Morgan fingerprint density at radius 3 is 1.60 bits per heavy atom. The second-order valence-corrected chi connectivity index (χ2v) is 2.90. The van der Waals surface area contributed by atoms with Crippen LogP contribution >= 0.6 is 0 Å². The molecule has 58 valence electrons. The molecule has 0 aliphatic carbocycles. The van der Waals surface area contributed by atoms with Crippen LogP contribution in [0.5, 0.6) is 0 Å². The molecule has 1 atom stereocenters. The molecule has 10 heavy (non-hydrogen) atoms. The van der Waals surface area contributed by atoms with Crippen LogP contribution in [0, 0.1) is 5.92 Å². The summed E-state index contributed by atoms with van der Waals surface area (Å²) in [5.41, 5.74) is -1.21. The van der Waals surface area contributed by atoms with Crippen LogP contribution in [0.2, 0.25) is 0 Å². The molecule has 0 amide bonds. The predicted octanol–water partition coefficient (Wildman–Crippen LogP) is -2.90. The first-order chi connectivity index (χ1) is 3.55. The quantitative estimate of drug-likeness (QED) is 0.362. The van der Waals surface area contributed by atoms with Gasteiger partial charge in [-0.1, -0.05) is 13.8 Å². The van der Waals surface area contributed by atoms with Crippen molar-refractivity contribution in [2.75, 3.05) is 0 Å². The van der Waals surface area contributed by atoms with Gasteiger partial charge in [0.15, 0.2) is 0 Å². The first-order valence-corrected chi connectivity index (χ1v) is 3.45. The Balaban J connectivity index is -0.000000245. The van der Waals surface area contributed by atoms with Crippen molar-refractivity contribution in [2.45, 2.75) is 19.3 Å². The molecule has 6 heteroatoms. The molecule has 4 nitrogen and oxygen atoms in total. The summed E-state index contributed by atoms with van der Waals surface area (Å²) in [5.74, 6) is -0.215. The molecule has 0 aliphatic rings. The zero-order valence-corrected chi connectivity index (χ0v) is 9.09. The third kappa shape index (κ3) is 6.98. The number of hydrogen-bond donors (Lipinski definition) is 1. The monoisotopic (exact) mass is 177 g/mol. The van der Waals surface area contributed by atoms with E-state index >= 15 is 0 Å². The van der Waals surface area contributed by atoms with E-state index in [2.05, 4.69) is 0 Å². The number of aliphatic hydroxyl groups excluding tert-OH is 1. The first kappa shape index (κ1) is 17.1. The summed E-state index contributed by atoms with van der Waals surface area (Å²) in [6, 6.07) is 0. The average Bonchev–Trinajstić information content (AvgIpc) is 1.64. The predicted molar refractivity (Wildman–Crippen MR) is 31.5 cm³/mol. The van der Waals surface area contributed by atoms with E-state index in [1.54, 1.807) is 13.8 Å². The van der Waals surface area contributed by atoms with Gasteiger partial charge in [-0.15, -0.1) is 0 Å². The van der Waals surface area contributed by atoms with E-state index in [1.807, 2.05) is 0 Å². The zero-order valence-electron chi connectivity index (χ0n) is 6.27. The van der Waals surface area contributed by atoms with Gasteiger partial charge in [-0.3, -0.25) is 0 Å². The van der Waals surface area contributed by atoms with Gasteiger partial charge in [0.1, 0.15) is 0 Å². The van der Waals surface area contributed by atoms with Crippen LogP contribution in [0.25, 0.3) is 0 Å². The maximum atomic E-state index is 9.89. The third-order valence-corrected chi connectivity index (χ3v) is 1.71. The molecular weight excluding hydrogens is 167 g/mol. The van der Waals surface area contributed by atoms with Crippen LogP contribution in [0.1, 0.15) is 13.8 Å². The van der Waals surface area contributed by atoms with E-state index < -0.39 is 16.1 Å². The second kappa shape index (κ2) is 7.97. The van der Waals surface area contributed by atoms with Gasteiger partial charge in [0.2, 0.25) is 0 Å². The van der Waals surface area contributed by atoms with Crippen molar-refractivity contribution in [3.8, 4) is 0 Å². The van der Waals surface area contributed by atoms with Crippen LogP contribution < -0.4 is 29.6 Å². The van der Waals surface area contributed by atoms with E-state index in [0.29, 0.717) is 0 Å². The smallest absolute Gasteiger partial charge is 0.870 e. The van der Waals surface area contributed by atoms with E-state index in [9.17, 15) is 8.42 Å². The molecule has 0 saturated carbocycles. The van der Waals surface area contributed by atoms with Crippen molar-refractivity contribution >= 4 is 10.7 Å². The first-order valence-electron chi connectivity index (χ1n) is 2.32. The fraction of sp³-hybridized carbons (Fsp3) is 1.00. The molecule has 0 aliphatic heterocycles. The molecule has 0 radical (unpaired) electrons. The molecule has 0 fully saturated rings. The Kier molecular flexibility index (Phi) is 13.6. The maximum absolute atomic E-state index is 9.89. The summed E-state index contributed by atoms with van der Waals surface area (Å²) in [5, 5.41) is 8.59. The van der Waals surface area contributed by atoms with Crippen molar-refractivity contribution < 1.29 is 48.6 Å². The summed E-state index contributed by atoms with van der Waals surface area (Å²) >= 11 is 0. The van der Waals surface area contributed by atoms with Crippen molar-refractivity contribution in [1.82, 2.24) is 0 Å². The van der Waals surface area contributed by atoms with Crippen LogP contribution in [0.15, 0.2) is 0 Å². The number of rotatable bonds is 2. The van der Waals surface area contributed by atoms with E-state index in [1.165, 1.54) is 0 Å². The van der Waals surface area contributed by atoms with Crippen molar-refractivity contribution in [2.24, 2.45) is 5.92 Å². The standard InChI is InChI=1S/C4H9O3S.Na.H2O/c1-3(2)4(5)8(6)7;;/h3-5H,1-2H3;;1H2/q-1;+1;/p-1. The van der Waals surface area contributed by atoms with E-state index in [-0.39, 0.29) is 41.0 Å². The molecule has 0 aromatic carbocycles. The number of hydrogen-bond acceptors (Lipinski definition) is 5. The third-order valence-electron chi connectivity index (χ3n) is 0.767. The van der Waals surface area contributed by atoms with Gasteiger partial charge in [0, 0.05) is 5.44 Å². The van der Waals surface area contributed by atoms with Crippen LogP contribution in [0.3, 0.4) is 0 Å². The van der Waals surface area contributed by atoms with Crippen LogP contribution in [-0.4, -0.2) is 16.0 Å². The fourth-order valence-corrected chi connectivity index (χ4v) is 0.667. The van der Waals surface area contributed by atoms with Gasteiger partial charge in [-0.05, 0) is 16.6 Å². The van der Waals surface area contributed by atoms with Gasteiger partial charge in [-0.2, -0.15) is 0 Å². The molecule has 0 aromatic heterocycles. The summed E-state index contributed by atoms with van der Waals surface area (Å²) in [6.45, 7) is 3.28. The van der Waals surface area contributed by atoms with E-state index in [4.69, 9.17) is 5.11 Å². The zero-order chi connectivity index (χ0) is 6.73. The summed E-state index contributed by atoms with van der Waals surface area (Å²) < 4.78 is 19.8. The fourth-order valence-electron chi connectivity index (χ4n) is 0.222. The largest absolute Gasteiger partial charge is 1.00 e. The van der Waals surface area contributed by atoms with Gasteiger partial charge in [0.25, 0.3) is 0 Å². The Hall–Kier alpha value is 0.870. The topological polar surface area (TPSA) is 84.4 Å². The van der Waals surface area contributed by atoms with Gasteiger partial charge in [0.05, 0.1) is 0 Å². The summed E-state index contributed by atoms with van der Waals surface area (Å²) in [6.07, 6.45) is 0. The van der Waals surface area contributed by atoms with Gasteiger partial charge < -0.3 is 19.0 Å². The van der Waals surface area contributed by atoms with Gasteiger partial charge in [-0.25, -0.2) is 0 Å². The molecule has 1 unspecified atom stereocenters. The van der Waals surface area contributed by atoms with Crippen molar-refractivity contribution in [3.63, 3.8) is 0 Å². The molecule has 2 N–H and O–H groups in total. The van der Waals surface area contributed by atoms with E-state index in [0.717, 1.165) is 0 Å². The van der Waals surface area contributed by atoms with Crippen molar-refractivity contribution in [3.05, 3.63) is 0 Å². The molecule has 0 heterocycles. The minimum absolute atomic E-state index is 0. The summed E-state index contributed by atoms with van der Waals surface area (Å²) in [7, 11) is -2.33. The normalized spacial score (nSPS) is 12.1. The molecule has 0 saturated heterocycles. The van der Waals surface area contributed by atoms with Crippen LogP contribution in [0.4, 0.5) is 0 Å². The number of aliphatic hydroxyl groups is 1. The average molecular weight is 177 g/mol. The summed E-state index contributed by atoms with van der Waals surface area (Å²) in [4.78, 5) is 0. The Bertz CT molecular complexity index is 125. The maximum Gasteiger partial charge on any atom is 1.00 e. The SMILES string of the molecule is CC(C)C(O)[S-](=O)=O.[Na+].[OH-]. The van der Waals surface area contributed by atoms with Gasteiger partial charge >= 0.3 is 29.6 Å². The second-order valence-electron chi connectivity index (χ2n) is 1.90. The molecule has 0 bridgehead atoms. The molecule has 0 aromatic rings.